The van der Waals surface area contributed by atoms with Crippen molar-refractivity contribution in [3.63, 3.8) is 0 Å². The molecule has 0 spiro atoms. The molecule has 1 aliphatic carbocycles. The number of hydrogen-bond acceptors (Lipinski definition) is 6. The van der Waals surface area contributed by atoms with Gasteiger partial charge in [0.2, 0.25) is 5.95 Å². The molecule has 7 heteroatoms. The van der Waals surface area contributed by atoms with Crippen LogP contribution >= 0.6 is 0 Å². The number of anilines is 3. The van der Waals surface area contributed by atoms with Crippen LogP contribution in [0.2, 0.25) is 0 Å². The Morgan fingerprint density at radius 3 is 2.56 bits per heavy atom. The maximum atomic E-state index is 4.87. The van der Waals surface area contributed by atoms with E-state index in [1.807, 2.05) is 12.4 Å². The lowest BCUT2D eigenvalue weighted by atomic mass is 10.0. The summed E-state index contributed by atoms with van der Waals surface area (Å²) >= 11 is 0. The Kier molecular flexibility index (Phi) is 4.48. The van der Waals surface area contributed by atoms with E-state index < -0.39 is 0 Å². The van der Waals surface area contributed by atoms with Crippen LogP contribution in [-0.2, 0) is 6.42 Å². The van der Waals surface area contributed by atoms with Crippen molar-refractivity contribution in [1.82, 2.24) is 25.1 Å². The van der Waals surface area contributed by atoms with Gasteiger partial charge in [0.1, 0.15) is 0 Å². The molecule has 0 unspecified atom stereocenters. The topological polar surface area (TPSA) is 70.9 Å². The Morgan fingerprint density at radius 2 is 1.71 bits per heavy atom. The van der Waals surface area contributed by atoms with Gasteiger partial charge >= 0.3 is 0 Å². The molecular weight excluding hydrogens is 422 g/mol. The van der Waals surface area contributed by atoms with Gasteiger partial charge in [-0.1, -0.05) is 36.4 Å². The van der Waals surface area contributed by atoms with Crippen LogP contribution in [0.15, 0.2) is 73.1 Å². The highest BCUT2D eigenvalue weighted by Gasteiger charge is 2.27. The number of fused-ring (bicyclic) bond motifs is 1. The monoisotopic (exact) mass is 447 g/mol. The van der Waals surface area contributed by atoms with Gasteiger partial charge in [-0.3, -0.25) is 0 Å². The Hall–Kier alpha value is -3.97. The minimum Gasteiger partial charge on any atom is -0.369 e. The smallest absolute Gasteiger partial charge is 0.229 e. The molecule has 5 aromatic rings. The SMILES string of the molecule is c1cc2c3c(cccc3c1)[C@H](n1ncc3cnc(Nc4ccc(N5CCNCC5)cc4)nc31)C2. The molecule has 168 valence electrons. The Morgan fingerprint density at radius 1 is 0.882 bits per heavy atom. The normalized spacial score (nSPS) is 17.5. The molecule has 0 saturated carbocycles. The standard InChI is InChI=1S/C27H25N7/c1-3-18-4-2-6-23-24(15-19(5-1)25(18)23)34-26-20(17-30-34)16-29-27(32-26)31-21-7-9-22(10-8-21)33-13-11-28-12-14-33/h1-10,16-17,24,28H,11-15H2,(H,29,31,32)/t24-/m1/s1. The van der Waals surface area contributed by atoms with Crippen molar-refractivity contribution in [2.24, 2.45) is 0 Å². The summed E-state index contributed by atoms with van der Waals surface area (Å²) in [7, 11) is 0. The molecule has 1 saturated heterocycles. The predicted octanol–water partition coefficient (Wildman–Crippen LogP) is 4.28. The zero-order valence-electron chi connectivity index (χ0n) is 18.8. The van der Waals surface area contributed by atoms with Crippen LogP contribution in [0.1, 0.15) is 17.2 Å². The number of nitrogens with zero attached hydrogens (tertiary/aromatic N) is 5. The molecule has 3 heterocycles. The van der Waals surface area contributed by atoms with E-state index in [-0.39, 0.29) is 6.04 Å². The van der Waals surface area contributed by atoms with E-state index in [0.717, 1.165) is 49.3 Å². The second-order valence-corrected chi connectivity index (χ2v) is 9.05. The van der Waals surface area contributed by atoms with Crippen molar-refractivity contribution in [3.8, 4) is 0 Å². The number of nitrogens with one attached hydrogen (secondary N) is 2. The minimum absolute atomic E-state index is 0.139. The second kappa shape index (κ2) is 7.81. The van der Waals surface area contributed by atoms with Gasteiger partial charge < -0.3 is 15.5 Å². The van der Waals surface area contributed by atoms with E-state index in [2.05, 4.69) is 85.9 Å². The Balaban J connectivity index is 1.19. The zero-order chi connectivity index (χ0) is 22.5. The number of rotatable bonds is 4. The summed E-state index contributed by atoms with van der Waals surface area (Å²) in [5.41, 5.74) is 5.76. The van der Waals surface area contributed by atoms with E-state index in [4.69, 9.17) is 10.1 Å². The van der Waals surface area contributed by atoms with E-state index in [0.29, 0.717) is 5.95 Å². The third-order valence-electron chi connectivity index (χ3n) is 7.03. The van der Waals surface area contributed by atoms with Crippen molar-refractivity contribution < 1.29 is 0 Å². The third-order valence-corrected chi connectivity index (χ3v) is 7.03. The second-order valence-electron chi connectivity index (χ2n) is 9.05. The highest BCUT2D eigenvalue weighted by molar-refractivity contribution is 5.91. The van der Waals surface area contributed by atoms with Crippen LogP contribution in [0.5, 0.6) is 0 Å². The highest BCUT2D eigenvalue weighted by Crippen LogP contribution is 2.39. The molecule has 1 atom stereocenters. The van der Waals surface area contributed by atoms with E-state index in [9.17, 15) is 0 Å². The van der Waals surface area contributed by atoms with Gasteiger partial charge in [0.05, 0.1) is 17.6 Å². The summed E-state index contributed by atoms with van der Waals surface area (Å²) in [6.45, 7) is 4.13. The van der Waals surface area contributed by atoms with Crippen molar-refractivity contribution >= 4 is 39.1 Å². The quantitative estimate of drug-likeness (QED) is 0.429. The maximum absolute atomic E-state index is 4.87. The number of piperazine rings is 1. The Labute approximate surface area is 197 Å². The summed E-state index contributed by atoms with van der Waals surface area (Å²) in [5, 5.41) is 15.1. The van der Waals surface area contributed by atoms with Crippen molar-refractivity contribution in [2.75, 3.05) is 36.4 Å². The molecule has 7 nitrogen and oxygen atoms in total. The summed E-state index contributed by atoms with van der Waals surface area (Å²) in [6.07, 6.45) is 4.64. The molecular formula is C27H25N7. The zero-order valence-corrected chi connectivity index (χ0v) is 18.8. The maximum Gasteiger partial charge on any atom is 0.229 e. The molecule has 34 heavy (non-hydrogen) atoms. The van der Waals surface area contributed by atoms with E-state index in [1.54, 1.807) is 0 Å². The first-order valence-corrected chi connectivity index (χ1v) is 11.9. The third kappa shape index (κ3) is 3.20. The molecule has 0 amide bonds. The highest BCUT2D eigenvalue weighted by atomic mass is 15.3. The van der Waals surface area contributed by atoms with Gasteiger partial charge in [-0.05, 0) is 52.6 Å². The first-order chi connectivity index (χ1) is 16.8. The molecule has 0 radical (unpaired) electrons. The Bertz CT molecular complexity index is 1490. The van der Waals surface area contributed by atoms with Crippen LogP contribution in [0.3, 0.4) is 0 Å². The van der Waals surface area contributed by atoms with Crippen molar-refractivity contribution in [2.45, 2.75) is 12.5 Å². The lowest BCUT2D eigenvalue weighted by Crippen LogP contribution is -2.43. The van der Waals surface area contributed by atoms with Crippen LogP contribution in [0.4, 0.5) is 17.3 Å². The lowest BCUT2D eigenvalue weighted by Gasteiger charge is -2.29. The van der Waals surface area contributed by atoms with E-state index in [1.165, 1.54) is 27.6 Å². The fourth-order valence-electron chi connectivity index (χ4n) is 5.37. The van der Waals surface area contributed by atoms with Crippen molar-refractivity contribution in [3.05, 3.63) is 84.2 Å². The van der Waals surface area contributed by atoms with E-state index >= 15 is 0 Å². The summed E-state index contributed by atoms with van der Waals surface area (Å²) in [6, 6.07) is 21.7. The molecule has 0 bridgehead atoms. The van der Waals surface area contributed by atoms with Gasteiger partial charge in [0.25, 0.3) is 0 Å². The molecule has 2 N–H and O–H groups in total. The van der Waals surface area contributed by atoms with Gasteiger partial charge in [-0.15, -0.1) is 0 Å². The van der Waals surface area contributed by atoms with Crippen LogP contribution in [0, 0.1) is 0 Å². The number of benzene rings is 3. The number of hydrogen-bond donors (Lipinski definition) is 2. The summed E-state index contributed by atoms with van der Waals surface area (Å²) in [5.74, 6) is 0.581. The lowest BCUT2D eigenvalue weighted by molar-refractivity contribution is 0.550. The molecule has 2 aliphatic rings. The molecule has 1 fully saturated rings. The average molecular weight is 448 g/mol. The fraction of sp³-hybridized carbons (Fsp3) is 0.222. The molecule has 2 aromatic heterocycles. The minimum atomic E-state index is 0.139. The van der Waals surface area contributed by atoms with Crippen LogP contribution in [-0.4, -0.2) is 45.9 Å². The average Bonchev–Trinajstić information content (AvgIpc) is 3.48. The molecule has 3 aromatic carbocycles. The first kappa shape index (κ1) is 19.5. The van der Waals surface area contributed by atoms with Crippen molar-refractivity contribution in [1.29, 1.82) is 0 Å². The first-order valence-electron chi connectivity index (χ1n) is 11.9. The fourth-order valence-corrected chi connectivity index (χ4v) is 5.37. The summed E-state index contributed by atoms with van der Waals surface area (Å²) in [4.78, 5) is 11.8. The predicted molar refractivity (Wildman–Crippen MR) is 136 cm³/mol. The van der Waals surface area contributed by atoms with Gasteiger partial charge in [-0.25, -0.2) is 9.67 Å². The largest absolute Gasteiger partial charge is 0.369 e. The van der Waals surface area contributed by atoms with Gasteiger partial charge in [0.15, 0.2) is 5.65 Å². The van der Waals surface area contributed by atoms with Crippen LogP contribution < -0.4 is 15.5 Å². The van der Waals surface area contributed by atoms with Crippen LogP contribution in [0.25, 0.3) is 21.8 Å². The van der Waals surface area contributed by atoms with Gasteiger partial charge in [-0.2, -0.15) is 10.1 Å². The van der Waals surface area contributed by atoms with Gasteiger partial charge in [0, 0.05) is 43.8 Å². The molecule has 1 aliphatic heterocycles. The summed E-state index contributed by atoms with van der Waals surface area (Å²) < 4.78 is 2.06. The number of aromatic nitrogens is 4. The molecule has 7 rings (SSSR count).